The summed E-state index contributed by atoms with van der Waals surface area (Å²) in [5.41, 5.74) is -0.433. The van der Waals surface area contributed by atoms with Gasteiger partial charge in [-0.3, -0.25) is 14.5 Å². The third kappa shape index (κ3) is 4.96. The summed E-state index contributed by atoms with van der Waals surface area (Å²) in [6, 6.07) is 2.17. The van der Waals surface area contributed by atoms with Crippen molar-refractivity contribution in [3.63, 3.8) is 0 Å². The minimum absolute atomic E-state index is 0.0235. The molecule has 0 spiro atoms. The Morgan fingerprint density at radius 2 is 2.11 bits per heavy atom. The fourth-order valence-electron chi connectivity index (χ4n) is 2.73. The smallest absolute Gasteiger partial charge is 0.228 e. The van der Waals surface area contributed by atoms with Crippen molar-refractivity contribution in [2.24, 2.45) is 5.41 Å². The molecule has 8 heteroatoms. The first kappa shape index (κ1) is 20.7. The number of hydrogen-bond acceptors (Lipinski definition) is 4. The molecule has 0 bridgehead atoms. The van der Waals surface area contributed by atoms with Crippen molar-refractivity contribution in [3.05, 3.63) is 30.2 Å². The molecule has 0 saturated carbocycles. The number of carbonyl (C=O) groups excluding carboxylic acids is 2. The second-order valence-corrected chi connectivity index (χ2v) is 7.58. The Hall–Kier alpha value is -2.64. The lowest BCUT2D eigenvalue weighted by molar-refractivity contribution is -0.120. The zero-order valence-electron chi connectivity index (χ0n) is 15.7. The van der Waals surface area contributed by atoms with Crippen molar-refractivity contribution in [1.82, 2.24) is 10.3 Å². The van der Waals surface area contributed by atoms with Gasteiger partial charge in [-0.25, -0.2) is 9.37 Å². The minimum atomic E-state index is -1.04. The Balaban J connectivity index is 2.06. The number of halogens is 2. The van der Waals surface area contributed by atoms with Gasteiger partial charge in [-0.15, -0.1) is 0 Å². The summed E-state index contributed by atoms with van der Waals surface area (Å²) in [4.78, 5) is 29.3. The number of amides is 2. The van der Waals surface area contributed by atoms with Gasteiger partial charge in [-0.05, 0) is 18.6 Å². The molecular formula is C19H24F2N4O2. The van der Waals surface area contributed by atoms with Crippen molar-refractivity contribution in [1.29, 1.82) is 5.41 Å². The van der Waals surface area contributed by atoms with E-state index >= 15 is 0 Å². The second kappa shape index (κ2) is 7.94. The van der Waals surface area contributed by atoms with Crippen molar-refractivity contribution < 1.29 is 18.4 Å². The fourth-order valence-corrected chi connectivity index (χ4v) is 2.73. The normalized spacial score (nSPS) is 17.1. The quantitative estimate of drug-likeness (QED) is 0.589. The Kier molecular flexibility index (Phi) is 6.08. The Morgan fingerprint density at radius 1 is 1.44 bits per heavy atom. The summed E-state index contributed by atoms with van der Waals surface area (Å²) in [6.45, 7) is 8.78. The third-order valence-corrected chi connectivity index (χ3v) is 4.48. The van der Waals surface area contributed by atoms with Gasteiger partial charge in [0.15, 0.2) is 0 Å². The number of aromatic nitrogens is 1. The highest BCUT2D eigenvalue weighted by Crippen LogP contribution is 2.27. The molecule has 1 atom stereocenters. The summed E-state index contributed by atoms with van der Waals surface area (Å²) in [5, 5.41) is 10.7. The van der Waals surface area contributed by atoms with Gasteiger partial charge in [0.25, 0.3) is 0 Å². The minimum Gasteiger partial charge on any atom is -0.354 e. The molecule has 0 aliphatic carbocycles. The van der Waals surface area contributed by atoms with Crippen LogP contribution in [-0.2, 0) is 9.59 Å². The first-order chi connectivity index (χ1) is 12.5. The number of hydrogen-bond donors (Lipinski definition) is 2. The lowest BCUT2D eigenvalue weighted by atomic mass is 9.88. The van der Waals surface area contributed by atoms with Crippen LogP contribution in [0.2, 0.25) is 0 Å². The van der Waals surface area contributed by atoms with Crippen molar-refractivity contribution in [2.75, 3.05) is 11.4 Å². The maximum atomic E-state index is 13.9. The third-order valence-electron chi connectivity index (χ3n) is 4.48. The van der Waals surface area contributed by atoms with Gasteiger partial charge >= 0.3 is 0 Å². The van der Waals surface area contributed by atoms with Crippen molar-refractivity contribution >= 4 is 29.2 Å². The maximum absolute atomic E-state index is 13.9. The lowest BCUT2D eigenvalue weighted by Crippen LogP contribution is -2.43. The average molecular weight is 378 g/mol. The number of pyridine rings is 1. The number of rotatable bonds is 6. The van der Waals surface area contributed by atoms with Gasteiger partial charge in [0.2, 0.25) is 17.8 Å². The molecule has 1 aromatic rings. The summed E-state index contributed by atoms with van der Waals surface area (Å²) in [7, 11) is 0. The van der Waals surface area contributed by atoms with Crippen LogP contribution >= 0.6 is 0 Å². The first-order valence-electron chi connectivity index (χ1n) is 8.68. The number of nitrogens with one attached hydrogen (secondary N) is 2. The van der Waals surface area contributed by atoms with Crippen LogP contribution in [-0.4, -0.2) is 35.1 Å². The highest BCUT2D eigenvalue weighted by Gasteiger charge is 2.34. The zero-order valence-corrected chi connectivity index (χ0v) is 15.7. The molecular weight excluding hydrogens is 354 g/mol. The molecule has 0 aromatic carbocycles. The molecule has 146 valence electrons. The van der Waals surface area contributed by atoms with E-state index in [4.69, 9.17) is 5.41 Å². The van der Waals surface area contributed by atoms with Crippen LogP contribution in [0.15, 0.2) is 18.7 Å². The molecule has 2 amide bonds. The van der Waals surface area contributed by atoms with E-state index < -0.39 is 17.2 Å². The predicted molar refractivity (Wildman–Crippen MR) is 99.7 cm³/mol. The molecule has 1 aliphatic heterocycles. The van der Waals surface area contributed by atoms with Crippen molar-refractivity contribution in [3.8, 4) is 0 Å². The molecule has 1 unspecified atom stereocenters. The van der Waals surface area contributed by atoms with Crippen LogP contribution in [0.3, 0.4) is 0 Å². The average Bonchev–Trinajstić information content (AvgIpc) is 2.92. The largest absolute Gasteiger partial charge is 0.354 e. The molecule has 0 radical (unpaired) electrons. The predicted octanol–water partition coefficient (Wildman–Crippen LogP) is 3.23. The molecule has 2 rings (SSSR count). The topological polar surface area (TPSA) is 86.2 Å². The van der Waals surface area contributed by atoms with Crippen LogP contribution in [0.1, 0.15) is 45.6 Å². The summed E-state index contributed by atoms with van der Waals surface area (Å²) < 4.78 is 27.1. The highest BCUT2D eigenvalue weighted by molar-refractivity contribution is 6.02. The molecule has 1 saturated heterocycles. The second-order valence-electron chi connectivity index (χ2n) is 7.58. The van der Waals surface area contributed by atoms with Gasteiger partial charge in [-0.1, -0.05) is 27.4 Å². The molecule has 27 heavy (non-hydrogen) atoms. The summed E-state index contributed by atoms with van der Waals surface area (Å²) >= 11 is 0. The molecule has 2 heterocycles. The Morgan fingerprint density at radius 3 is 2.67 bits per heavy atom. The summed E-state index contributed by atoms with van der Waals surface area (Å²) in [5.74, 6) is -2.46. The van der Waals surface area contributed by atoms with Crippen LogP contribution < -0.4 is 10.2 Å². The highest BCUT2D eigenvalue weighted by atomic mass is 19.1. The van der Waals surface area contributed by atoms with E-state index in [1.807, 2.05) is 20.8 Å². The monoisotopic (exact) mass is 378 g/mol. The van der Waals surface area contributed by atoms with Gasteiger partial charge < -0.3 is 10.7 Å². The van der Waals surface area contributed by atoms with E-state index in [0.29, 0.717) is 12.1 Å². The van der Waals surface area contributed by atoms with Gasteiger partial charge in [0, 0.05) is 24.1 Å². The van der Waals surface area contributed by atoms with E-state index in [9.17, 15) is 18.4 Å². The number of carbonyl (C=O) groups is 2. The van der Waals surface area contributed by atoms with Crippen LogP contribution in [0, 0.1) is 16.8 Å². The van der Waals surface area contributed by atoms with Gasteiger partial charge in [-0.2, -0.15) is 4.39 Å². The van der Waals surface area contributed by atoms with Gasteiger partial charge in [0.05, 0.1) is 18.0 Å². The summed E-state index contributed by atoms with van der Waals surface area (Å²) in [6.07, 6.45) is 0.709. The van der Waals surface area contributed by atoms with Crippen LogP contribution in [0.25, 0.3) is 5.83 Å². The maximum Gasteiger partial charge on any atom is 0.228 e. The Bertz CT molecular complexity index is 786. The molecule has 1 fully saturated rings. The number of anilines is 1. The van der Waals surface area contributed by atoms with Crippen molar-refractivity contribution in [2.45, 2.75) is 46.1 Å². The molecule has 6 nitrogen and oxygen atoms in total. The van der Waals surface area contributed by atoms with Gasteiger partial charge in [0.1, 0.15) is 11.6 Å². The lowest BCUT2D eigenvalue weighted by Gasteiger charge is -2.25. The first-order valence-corrected chi connectivity index (χ1v) is 8.68. The fraction of sp³-hybridized carbons (Fsp3) is 0.474. The molecule has 2 N–H and O–H groups in total. The van der Waals surface area contributed by atoms with E-state index in [1.165, 1.54) is 17.0 Å². The van der Waals surface area contributed by atoms with E-state index in [1.54, 1.807) is 0 Å². The number of nitrogens with zero attached hydrogens (tertiary/aromatic N) is 2. The standard InChI is InChI=1S/C19H24F2N4O2/c1-11(20)13-6-7-15(24-18(13)21)25-12(5-8-17(25)27)10-23-16(26)9-14(22)19(2,3)4/h6-7,12,22H,1,5,8-10H2,2-4H3,(H,23,26). The Labute approximate surface area is 157 Å². The zero-order chi connectivity index (χ0) is 20.4. The van der Waals surface area contributed by atoms with E-state index in [2.05, 4.69) is 16.9 Å². The van der Waals surface area contributed by atoms with Crippen LogP contribution in [0.5, 0.6) is 0 Å². The SMILES string of the molecule is C=C(F)c1ccc(N2C(=O)CCC2CNC(=O)CC(=N)C(C)(C)C)nc1F. The molecule has 1 aromatic heterocycles. The van der Waals surface area contributed by atoms with E-state index in [-0.39, 0.29) is 48.6 Å². The van der Waals surface area contributed by atoms with E-state index in [0.717, 1.165) is 0 Å². The van der Waals surface area contributed by atoms with Crippen LogP contribution in [0.4, 0.5) is 14.6 Å². The molecule has 1 aliphatic rings.